The molecule has 0 radical (unpaired) electrons. The molecule has 0 aliphatic carbocycles. The van der Waals surface area contributed by atoms with Crippen LogP contribution < -0.4 is 5.32 Å². The van der Waals surface area contributed by atoms with E-state index in [1.807, 2.05) is 24.3 Å². The summed E-state index contributed by atoms with van der Waals surface area (Å²) in [6, 6.07) is 13.7. The zero-order valence-electron chi connectivity index (χ0n) is 17.5. The van der Waals surface area contributed by atoms with E-state index in [1.54, 1.807) is 0 Å². The van der Waals surface area contributed by atoms with Gasteiger partial charge in [-0.1, -0.05) is 39.0 Å². The molecule has 0 fully saturated rings. The van der Waals surface area contributed by atoms with Gasteiger partial charge in [0.05, 0.1) is 11.3 Å². The number of alkyl halides is 3. The van der Waals surface area contributed by atoms with Crippen LogP contribution in [0.15, 0.2) is 70.1 Å². The van der Waals surface area contributed by atoms with Crippen molar-refractivity contribution in [3.63, 3.8) is 0 Å². The number of anilines is 1. The van der Waals surface area contributed by atoms with Gasteiger partial charge in [-0.2, -0.15) is 21.6 Å². The topological polar surface area (TPSA) is 71.4 Å². The second-order valence-corrected chi connectivity index (χ2v) is 10.0. The number of hydrogen-bond acceptors (Lipinski definition) is 4. The Bertz CT molecular complexity index is 1320. The van der Waals surface area contributed by atoms with Crippen molar-refractivity contribution >= 4 is 21.5 Å². The van der Waals surface area contributed by atoms with Gasteiger partial charge in [0, 0.05) is 23.0 Å². The van der Waals surface area contributed by atoms with E-state index in [2.05, 4.69) is 35.5 Å². The molecule has 3 aromatic rings. The smallest absolute Gasteiger partial charge is 0.339 e. The van der Waals surface area contributed by atoms with Crippen molar-refractivity contribution in [2.24, 2.45) is 4.40 Å². The molecule has 0 unspecified atom stereocenters. The molecule has 2 aromatic carbocycles. The number of nitrogens with zero attached hydrogens (tertiary/aromatic N) is 2. The SMILES string of the molecule is CC(C)(C)c1ccc(NC2=NS(=O)(=O)c3cc(-c4ncccc4C(F)(F)F)ccc32)cc1. The third-order valence-corrected chi connectivity index (χ3v) is 6.44. The zero-order valence-corrected chi connectivity index (χ0v) is 18.3. The number of halogens is 3. The number of nitrogens with one attached hydrogen (secondary N) is 1. The Morgan fingerprint density at radius 1 is 0.938 bits per heavy atom. The van der Waals surface area contributed by atoms with Crippen LogP contribution in [0.4, 0.5) is 18.9 Å². The molecule has 2 heterocycles. The summed E-state index contributed by atoms with van der Waals surface area (Å²) in [6.45, 7) is 6.26. The van der Waals surface area contributed by atoms with Gasteiger partial charge in [-0.05, 0) is 47.4 Å². The van der Waals surface area contributed by atoms with Gasteiger partial charge in [0.15, 0.2) is 5.84 Å². The van der Waals surface area contributed by atoms with Crippen LogP contribution >= 0.6 is 0 Å². The number of benzene rings is 2. The summed E-state index contributed by atoms with van der Waals surface area (Å²) in [5.74, 6) is 0.118. The molecule has 1 N–H and O–H groups in total. The molecule has 32 heavy (non-hydrogen) atoms. The lowest BCUT2D eigenvalue weighted by Gasteiger charge is -2.19. The highest BCUT2D eigenvalue weighted by atomic mass is 32.2. The van der Waals surface area contributed by atoms with Crippen molar-refractivity contribution in [2.75, 3.05) is 5.32 Å². The van der Waals surface area contributed by atoms with Gasteiger partial charge in [0.1, 0.15) is 4.90 Å². The number of sulfonamides is 1. The predicted octanol–water partition coefficient (Wildman–Crippen LogP) is 5.63. The predicted molar refractivity (Wildman–Crippen MR) is 117 cm³/mol. The van der Waals surface area contributed by atoms with Crippen molar-refractivity contribution in [1.82, 2.24) is 4.98 Å². The maximum atomic E-state index is 13.4. The van der Waals surface area contributed by atoms with Crippen LogP contribution in [0.1, 0.15) is 37.5 Å². The molecule has 0 saturated carbocycles. The maximum absolute atomic E-state index is 13.4. The minimum atomic E-state index is -4.62. The number of hydrogen-bond donors (Lipinski definition) is 1. The molecule has 5 nitrogen and oxygen atoms in total. The molecule has 166 valence electrons. The summed E-state index contributed by atoms with van der Waals surface area (Å²) in [5.41, 5.74) is 0.796. The van der Waals surface area contributed by atoms with Crippen molar-refractivity contribution in [3.8, 4) is 11.3 Å². The normalized spacial score (nSPS) is 15.2. The van der Waals surface area contributed by atoms with Gasteiger partial charge in [0.2, 0.25) is 0 Å². The molecule has 1 aromatic heterocycles. The van der Waals surface area contributed by atoms with Crippen LogP contribution in [0.2, 0.25) is 0 Å². The standard InChI is InChI=1S/C23H20F3N3O2S/c1-22(2,3)15-7-9-16(10-8-15)28-21-17-11-6-14(13-19(17)32(30,31)29-21)20-18(23(24,25)26)5-4-12-27-20/h4-13H,1-3H3,(H,28,29). The number of aromatic nitrogens is 1. The maximum Gasteiger partial charge on any atom is 0.418 e. The Morgan fingerprint density at radius 3 is 2.25 bits per heavy atom. The van der Waals surface area contributed by atoms with Crippen LogP contribution in [0.3, 0.4) is 0 Å². The highest BCUT2D eigenvalue weighted by Crippen LogP contribution is 2.38. The van der Waals surface area contributed by atoms with Crippen LogP contribution in [0.5, 0.6) is 0 Å². The summed E-state index contributed by atoms with van der Waals surface area (Å²) in [4.78, 5) is 3.67. The Kier molecular flexibility index (Phi) is 5.12. The molecule has 0 saturated heterocycles. The molecule has 9 heteroatoms. The molecule has 0 atom stereocenters. The van der Waals surface area contributed by atoms with Crippen LogP contribution in [0, 0.1) is 0 Å². The van der Waals surface area contributed by atoms with E-state index in [1.165, 1.54) is 30.5 Å². The Balaban J connectivity index is 1.71. The molecular formula is C23H20F3N3O2S. The molecule has 0 bridgehead atoms. The first-order valence-electron chi connectivity index (χ1n) is 9.76. The van der Waals surface area contributed by atoms with Crippen molar-refractivity contribution < 1.29 is 21.6 Å². The molecule has 1 aliphatic heterocycles. The van der Waals surface area contributed by atoms with E-state index < -0.39 is 21.8 Å². The first-order chi connectivity index (χ1) is 14.9. The Labute approximate surface area is 184 Å². The average molecular weight is 459 g/mol. The lowest BCUT2D eigenvalue weighted by atomic mass is 9.87. The molecule has 1 aliphatic rings. The van der Waals surface area contributed by atoms with Crippen molar-refractivity contribution in [1.29, 1.82) is 0 Å². The minimum Gasteiger partial charge on any atom is -0.339 e. The van der Waals surface area contributed by atoms with E-state index in [0.29, 0.717) is 5.69 Å². The van der Waals surface area contributed by atoms with Crippen LogP contribution in [-0.4, -0.2) is 19.2 Å². The number of fused-ring (bicyclic) bond motifs is 1. The fraction of sp³-hybridized carbons (Fsp3) is 0.217. The summed E-state index contributed by atoms with van der Waals surface area (Å²) in [7, 11) is -4.07. The average Bonchev–Trinajstić information content (AvgIpc) is 2.96. The number of pyridine rings is 1. The van der Waals surface area contributed by atoms with Crippen LogP contribution in [0.25, 0.3) is 11.3 Å². The molecule has 0 spiro atoms. The number of rotatable bonds is 2. The minimum absolute atomic E-state index is 0.0313. The fourth-order valence-corrected chi connectivity index (χ4v) is 4.64. The third-order valence-electron chi connectivity index (χ3n) is 5.13. The van der Waals surface area contributed by atoms with E-state index >= 15 is 0 Å². The van der Waals surface area contributed by atoms with Gasteiger partial charge >= 0.3 is 6.18 Å². The van der Waals surface area contributed by atoms with Gasteiger partial charge in [0.25, 0.3) is 10.0 Å². The van der Waals surface area contributed by atoms with Gasteiger partial charge in [-0.15, -0.1) is 4.40 Å². The van der Waals surface area contributed by atoms with E-state index in [9.17, 15) is 21.6 Å². The Hall–Kier alpha value is -3.20. The van der Waals surface area contributed by atoms with Gasteiger partial charge < -0.3 is 5.32 Å². The van der Waals surface area contributed by atoms with Crippen LogP contribution in [-0.2, 0) is 21.6 Å². The Morgan fingerprint density at radius 2 is 1.62 bits per heavy atom. The quantitative estimate of drug-likeness (QED) is 0.540. The zero-order chi connectivity index (χ0) is 23.3. The highest BCUT2D eigenvalue weighted by molar-refractivity contribution is 7.90. The first kappa shape index (κ1) is 22.0. The van der Waals surface area contributed by atoms with E-state index in [4.69, 9.17) is 0 Å². The molecular weight excluding hydrogens is 439 g/mol. The lowest BCUT2D eigenvalue weighted by Crippen LogP contribution is -2.13. The first-order valence-corrected chi connectivity index (χ1v) is 11.2. The lowest BCUT2D eigenvalue weighted by molar-refractivity contribution is -0.137. The highest BCUT2D eigenvalue weighted by Gasteiger charge is 2.35. The van der Waals surface area contributed by atoms with E-state index in [-0.39, 0.29) is 33.0 Å². The second kappa shape index (κ2) is 7.44. The van der Waals surface area contributed by atoms with Crippen molar-refractivity contribution in [3.05, 3.63) is 77.5 Å². The summed E-state index contributed by atoms with van der Waals surface area (Å²) >= 11 is 0. The summed E-state index contributed by atoms with van der Waals surface area (Å²) < 4.78 is 69.2. The monoisotopic (exact) mass is 459 g/mol. The third kappa shape index (κ3) is 4.12. The van der Waals surface area contributed by atoms with Crippen molar-refractivity contribution in [2.45, 2.75) is 37.3 Å². The second-order valence-electron chi connectivity index (χ2n) is 8.48. The fourth-order valence-electron chi connectivity index (χ4n) is 3.44. The molecule has 4 rings (SSSR count). The van der Waals surface area contributed by atoms with Gasteiger partial charge in [-0.3, -0.25) is 4.98 Å². The largest absolute Gasteiger partial charge is 0.418 e. The van der Waals surface area contributed by atoms with E-state index in [0.717, 1.165) is 11.6 Å². The summed E-state index contributed by atoms with van der Waals surface area (Å²) in [6.07, 6.45) is -3.39. The summed E-state index contributed by atoms with van der Waals surface area (Å²) in [5, 5.41) is 3.00. The van der Waals surface area contributed by atoms with Gasteiger partial charge in [-0.25, -0.2) is 0 Å². The molecule has 0 amide bonds. The number of amidine groups is 1.